The Bertz CT molecular complexity index is 393. The number of hydrogen-bond donors (Lipinski definition) is 2. The van der Waals surface area contributed by atoms with E-state index in [4.69, 9.17) is 11.6 Å². The number of phenolic OH excluding ortho intramolecular Hbond substituents is 1. The van der Waals surface area contributed by atoms with Gasteiger partial charge in [0, 0.05) is 17.5 Å². The lowest BCUT2D eigenvalue weighted by Gasteiger charge is -2.09. The molecule has 1 amide bonds. The minimum Gasteiger partial charge on any atom is -0.508 e. The Morgan fingerprint density at radius 3 is 2.82 bits per heavy atom. The standard InChI is InChI=1S/C13H18ClNO2/c1-3-10(14)6-7-15-13(17)12-5-4-11(16)8-9(12)2/h4-5,8,10,16H,3,6-7H2,1-2H3,(H,15,17). The zero-order valence-electron chi connectivity index (χ0n) is 10.2. The average Bonchev–Trinajstić information content (AvgIpc) is 2.28. The lowest BCUT2D eigenvalue weighted by molar-refractivity contribution is 0.0952. The number of aryl methyl sites for hydroxylation is 1. The van der Waals surface area contributed by atoms with Crippen molar-refractivity contribution in [1.29, 1.82) is 0 Å². The molecule has 1 unspecified atom stereocenters. The van der Waals surface area contributed by atoms with Crippen molar-refractivity contribution in [2.24, 2.45) is 0 Å². The summed E-state index contributed by atoms with van der Waals surface area (Å²) >= 11 is 5.96. The minimum absolute atomic E-state index is 0.108. The Labute approximate surface area is 107 Å². The van der Waals surface area contributed by atoms with Crippen molar-refractivity contribution in [3.8, 4) is 5.75 Å². The van der Waals surface area contributed by atoms with Crippen molar-refractivity contribution < 1.29 is 9.90 Å². The van der Waals surface area contributed by atoms with Gasteiger partial charge in [-0.05, 0) is 43.5 Å². The van der Waals surface area contributed by atoms with Crippen molar-refractivity contribution in [2.75, 3.05) is 6.54 Å². The molecule has 0 aliphatic rings. The van der Waals surface area contributed by atoms with Gasteiger partial charge in [-0.15, -0.1) is 11.6 Å². The fourth-order valence-electron chi connectivity index (χ4n) is 1.54. The van der Waals surface area contributed by atoms with Crippen LogP contribution in [0.5, 0.6) is 5.75 Å². The maximum Gasteiger partial charge on any atom is 0.251 e. The summed E-state index contributed by atoms with van der Waals surface area (Å²) in [6.07, 6.45) is 1.66. The van der Waals surface area contributed by atoms with Crippen LogP contribution in [0.3, 0.4) is 0 Å². The predicted octanol–water partition coefficient (Wildman–Crippen LogP) is 2.84. The molecule has 3 nitrogen and oxygen atoms in total. The molecule has 1 aromatic rings. The molecular weight excluding hydrogens is 238 g/mol. The molecule has 1 rings (SSSR count). The molecule has 0 aliphatic heterocycles. The molecule has 4 heteroatoms. The SMILES string of the molecule is CCC(Cl)CCNC(=O)c1ccc(O)cc1C. The number of carbonyl (C=O) groups is 1. The van der Waals surface area contributed by atoms with Crippen molar-refractivity contribution in [3.05, 3.63) is 29.3 Å². The molecule has 0 saturated heterocycles. The van der Waals surface area contributed by atoms with Gasteiger partial charge in [-0.3, -0.25) is 4.79 Å². The quantitative estimate of drug-likeness (QED) is 0.795. The third-order valence-electron chi connectivity index (χ3n) is 2.64. The van der Waals surface area contributed by atoms with Crippen LogP contribution in [0.1, 0.15) is 35.7 Å². The van der Waals surface area contributed by atoms with Gasteiger partial charge in [0.2, 0.25) is 0 Å². The summed E-state index contributed by atoms with van der Waals surface area (Å²) in [6, 6.07) is 4.71. The molecule has 0 fully saturated rings. The van der Waals surface area contributed by atoms with E-state index in [1.165, 1.54) is 6.07 Å². The fraction of sp³-hybridized carbons (Fsp3) is 0.462. The molecule has 0 spiro atoms. The van der Waals surface area contributed by atoms with Crippen LogP contribution >= 0.6 is 11.6 Å². The topological polar surface area (TPSA) is 49.3 Å². The van der Waals surface area contributed by atoms with E-state index in [9.17, 15) is 9.90 Å². The summed E-state index contributed by atoms with van der Waals surface area (Å²) in [7, 11) is 0. The number of nitrogens with one attached hydrogen (secondary N) is 1. The van der Waals surface area contributed by atoms with Crippen LogP contribution in [0.2, 0.25) is 0 Å². The first-order valence-electron chi connectivity index (χ1n) is 5.76. The highest BCUT2D eigenvalue weighted by atomic mass is 35.5. The molecule has 94 valence electrons. The number of hydrogen-bond acceptors (Lipinski definition) is 2. The Balaban J connectivity index is 2.52. The van der Waals surface area contributed by atoms with Gasteiger partial charge in [0.05, 0.1) is 0 Å². The summed E-state index contributed by atoms with van der Waals surface area (Å²) in [5, 5.41) is 12.2. The number of amides is 1. The van der Waals surface area contributed by atoms with Gasteiger partial charge in [0.15, 0.2) is 0 Å². The molecular formula is C13H18ClNO2. The van der Waals surface area contributed by atoms with Gasteiger partial charge in [0.25, 0.3) is 5.91 Å². The molecule has 0 saturated carbocycles. The van der Waals surface area contributed by atoms with Crippen LogP contribution in [0.25, 0.3) is 0 Å². The molecule has 0 heterocycles. The molecule has 0 aliphatic carbocycles. The fourth-order valence-corrected chi connectivity index (χ4v) is 1.65. The molecule has 1 atom stereocenters. The first-order chi connectivity index (χ1) is 8.04. The van der Waals surface area contributed by atoms with E-state index < -0.39 is 0 Å². The summed E-state index contributed by atoms with van der Waals surface area (Å²) in [4.78, 5) is 11.8. The molecule has 0 bridgehead atoms. The van der Waals surface area contributed by atoms with Gasteiger partial charge < -0.3 is 10.4 Å². The van der Waals surface area contributed by atoms with Gasteiger partial charge in [-0.25, -0.2) is 0 Å². The van der Waals surface area contributed by atoms with E-state index in [-0.39, 0.29) is 17.0 Å². The Morgan fingerprint density at radius 2 is 2.24 bits per heavy atom. The highest BCUT2D eigenvalue weighted by Crippen LogP contribution is 2.15. The van der Waals surface area contributed by atoms with Crippen LogP contribution < -0.4 is 5.32 Å². The van der Waals surface area contributed by atoms with Gasteiger partial charge in [-0.1, -0.05) is 6.92 Å². The number of aromatic hydroxyl groups is 1. The summed E-state index contributed by atoms with van der Waals surface area (Å²) < 4.78 is 0. The Morgan fingerprint density at radius 1 is 1.53 bits per heavy atom. The largest absolute Gasteiger partial charge is 0.508 e. The summed E-state index contributed by atoms with van der Waals surface area (Å²) in [5.41, 5.74) is 1.35. The zero-order chi connectivity index (χ0) is 12.8. The van der Waals surface area contributed by atoms with Crippen molar-refractivity contribution in [2.45, 2.75) is 32.1 Å². The monoisotopic (exact) mass is 255 g/mol. The van der Waals surface area contributed by atoms with E-state index >= 15 is 0 Å². The van der Waals surface area contributed by atoms with Crippen LogP contribution in [-0.2, 0) is 0 Å². The third kappa shape index (κ3) is 4.27. The van der Waals surface area contributed by atoms with E-state index in [2.05, 4.69) is 5.32 Å². The number of carbonyl (C=O) groups excluding carboxylic acids is 1. The zero-order valence-corrected chi connectivity index (χ0v) is 10.9. The number of benzene rings is 1. The molecule has 0 radical (unpaired) electrons. The summed E-state index contributed by atoms with van der Waals surface area (Å²) in [6.45, 7) is 4.38. The van der Waals surface area contributed by atoms with E-state index in [1.54, 1.807) is 19.1 Å². The van der Waals surface area contributed by atoms with E-state index in [0.29, 0.717) is 12.1 Å². The first-order valence-corrected chi connectivity index (χ1v) is 6.20. The Hall–Kier alpha value is -1.22. The maximum atomic E-state index is 11.8. The van der Waals surface area contributed by atoms with Crippen molar-refractivity contribution in [1.82, 2.24) is 5.32 Å². The first kappa shape index (κ1) is 13.8. The number of rotatable bonds is 5. The Kier molecular flexibility index (Phi) is 5.29. The highest BCUT2D eigenvalue weighted by molar-refractivity contribution is 6.20. The van der Waals surface area contributed by atoms with Gasteiger partial charge >= 0.3 is 0 Å². The molecule has 0 aromatic heterocycles. The van der Waals surface area contributed by atoms with Crippen LogP contribution in [0, 0.1) is 6.92 Å². The lowest BCUT2D eigenvalue weighted by Crippen LogP contribution is -2.26. The predicted molar refractivity (Wildman–Crippen MR) is 69.7 cm³/mol. The third-order valence-corrected chi connectivity index (χ3v) is 3.17. The number of halogens is 1. The second kappa shape index (κ2) is 6.50. The average molecular weight is 256 g/mol. The second-order valence-corrected chi connectivity index (χ2v) is 4.67. The smallest absolute Gasteiger partial charge is 0.251 e. The van der Waals surface area contributed by atoms with Crippen LogP contribution in [-0.4, -0.2) is 22.9 Å². The summed E-state index contributed by atoms with van der Waals surface area (Å²) in [5.74, 6) is 0.0494. The van der Waals surface area contributed by atoms with E-state index in [0.717, 1.165) is 18.4 Å². The maximum absolute atomic E-state index is 11.8. The van der Waals surface area contributed by atoms with Crippen molar-refractivity contribution in [3.63, 3.8) is 0 Å². The lowest BCUT2D eigenvalue weighted by atomic mass is 10.1. The van der Waals surface area contributed by atoms with Gasteiger partial charge in [0.1, 0.15) is 5.75 Å². The van der Waals surface area contributed by atoms with Gasteiger partial charge in [-0.2, -0.15) is 0 Å². The van der Waals surface area contributed by atoms with Crippen LogP contribution in [0.4, 0.5) is 0 Å². The van der Waals surface area contributed by atoms with Crippen LogP contribution in [0.15, 0.2) is 18.2 Å². The number of alkyl halides is 1. The number of phenols is 1. The normalized spacial score (nSPS) is 12.2. The second-order valence-electron chi connectivity index (χ2n) is 4.05. The molecule has 1 aromatic carbocycles. The van der Waals surface area contributed by atoms with E-state index in [1.807, 2.05) is 6.92 Å². The molecule has 2 N–H and O–H groups in total. The van der Waals surface area contributed by atoms with Crippen molar-refractivity contribution >= 4 is 17.5 Å². The highest BCUT2D eigenvalue weighted by Gasteiger charge is 2.09. The minimum atomic E-state index is -0.123. The molecule has 17 heavy (non-hydrogen) atoms.